The van der Waals surface area contributed by atoms with Crippen LogP contribution in [0.4, 0.5) is 0 Å². The van der Waals surface area contributed by atoms with E-state index in [0.29, 0.717) is 0 Å². The maximum absolute atomic E-state index is 8.74. The zero-order valence-corrected chi connectivity index (χ0v) is 7.29. The van der Waals surface area contributed by atoms with Crippen LogP contribution in [0.2, 0.25) is 0 Å². The summed E-state index contributed by atoms with van der Waals surface area (Å²) in [5, 5.41) is 7.90. The number of hydrogen-bond acceptors (Lipinski definition) is 4. The van der Waals surface area contributed by atoms with Gasteiger partial charge in [0, 0.05) is 0 Å². The molecule has 0 aromatic rings. The molecule has 0 aromatic heterocycles. The van der Waals surface area contributed by atoms with Gasteiger partial charge < -0.3 is 0 Å². The van der Waals surface area contributed by atoms with E-state index in [0.717, 1.165) is 0 Å². The number of rotatable bonds is 0. The standard InChI is InChI=1S/C4H10O2.Na.H2O4S.H/c1-4(2,3)6-5;;1-5(2,3)4;/h5H,1-3H3;;(H2,1,2,3,4);. The van der Waals surface area contributed by atoms with Crippen molar-refractivity contribution < 1.29 is 27.7 Å². The van der Waals surface area contributed by atoms with Gasteiger partial charge in [-0.2, -0.15) is 8.42 Å². The summed E-state index contributed by atoms with van der Waals surface area (Å²) in [5.41, 5.74) is -0.403. The van der Waals surface area contributed by atoms with Crippen molar-refractivity contribution in [1.82, 2.24) is 0 Å². The van der Waals surface area contributed by atoms with Gasteiger partial charge in [-0.3, -0.25) is 14.4 Å². The first-order valence-corrected chi connectivity index (χ1v) is 3.98. The monoisotopic (exact) mass is 212 g/mol. The Morgan fingerprint density at radius 1 is 1.17 bits per heavy atom. The Kier molecular flexibility index (Phi) is 11.2. The topological polar surface area (TPSA) is 104 Å². The first-order valence-electron chi connectivity index (χ1n) is 2.59. The van der Waals surface area contributed by atoms with Crippen molar-refractivity contribution in [2.24, 2.45) is 0 Å². The minimum atomic E-state index is -4.67. The molecule has 0 aromatic carbocycles. The summed E-state index contributed by atoms with van der Waals surface area (Å²) in [6.45, 7) is 5.31. The van der Waals surface area contributed by atoms with E-state index in [9.17, 15) is 0 Å². The fourth-order valence-electron chi connectivity index (χ4n) is 0. The van der Waals surface area contributed by atoms with Gasteiger partial charge in [0.05, 0.1) is 5.60 Å². The number of hydrogen-bond donors (Lipinski definition) is 3. The van der Waals surface area contributed by atoms with E-state index >= 15 is 0 Å². The van der Waals surface area contributed by atoms with E-state index in [4.69, 9.17) is 22.8 Å². The molecule has 0 bridgehead atoms. The van der Waals surface area contributed by atoms with Crippen molar-refractivity contribution in [1.29, 1.82) is 0 Å². The summed E-state index contributed by atoms with van der Waals surface area (Å²) in [6.07, 6.45) is 0. The third-order valence-electron chi connectivity index (χ3n) is 0.274. The second-order valence-electron chi connectivity index (χ2n) is 2.65. The van der Waals surface area contributed by atoms with Crippen LogP contribution < -0.4 is 0 Å². The molecular weight excluding hydrogens is 199 g/mol. The molecule has 8 heteroatoms. The Hall–Kier alpha value is 0.790. The summed E-state index contributed by atoms with van der Waals surface area (Å²) < 4.78 is 31.6. The van der Waals surface area contributed by atoms with Gasteiger partial charge in [0.15, 0.2) is 0 Å². The van der Waals surface area contributed by atoms with Gasteiger partial charge in [0.1, 0.15) is 0 Å². The van der Waals surface area contributed by atoms with Crippen molar-refractivity contribution in [3.63, 3.8) is 0 Å². The third kappa shape index (κ3) is 72.0. The molecule has 0 unspecified atom stereocenters. The fourth-order valence-corrected chi connectivity index (χ4v) is 0. The first kappa shape index (κ1) is 18.5. The van der Waals surface area contributed by atoms with Crippen LogP contribution in [-0.2, 0) is 15.3 Å². The molecule has 0 heterocycles. The Labute approximate surface area is 93.7 Å². The van der Waals surface area contributed by atoms with E-state index in [2.05, 4.69) is 4.89 Å². The van der Waals surface area contributed by atoms with Crippen molar-refractivity contribution in [3.8, 4) is 0 Å². The zero-order chi connectivity index (χ0) is 9.71. The molecule has 0 saturated heterocycles. The second-order valence-corrected chi connectivity index (χ2v) is 3.55. The molecular formula is C4H13NaO6S. The average Bonchev–Trinajstić information content (AvgIpc) is 1.59. The predicted octanol–water partition coefficient (Wildman–Crippen LogP) is -0.0268. The molecule has 0 aliphatic heterocycles. The van der Waals surface area contributed by atoms with Gasteiger partial charge >= 0.3 is 40.0 Å². The van der Waals surface area contributed by atoms with Crippen LogP contribution >= 0.6 is 0 Å². The van der Waals surface area contributed by atoms with E-state index in [1.807, 2.05) is 0 Å². The Morgan fingerprint density at radius 3 is 1.25 bits per heavy atom. The minimum absolute atomic E-state index is 0. The molecule has 0 saturated carbocycles. The zero-order valence-electron chi connectivity index (χ0n) is 6.47. The Bertz CT molecular complexity index is 172. The molecule has 6 nitrogen and oxygen atoms in total. The van der Waals surface area contributed by atoms with Gasteiger partial charge in [-0.25, -0.2) is 4.89 Å². The Balaban J connectivity index is -0.000000126. The van der Waals surface area contributed by atoms with Crippen molar-refractivity contribution in [2.75, 3.05) is 0 Å². The van der Waals surface area contributed by atoms with Crippen LogP contribution in [0.15, 0.2) is 0 Å². The second kappa shape index (κ2) is 7.22. The van der Waals surface area contributed by atoms with E-state index < -0.39 is 16.0 Å². The van der Waals surface area contributed by atoms with Crippen molar-refractivity contribution >= 4 is 40.0 Å². The van der Waals surface area contributed by atoms with Crippen molar-refractivity contribution in [3.05, 3.63) is 0 Å². The predicted molar refractivity (Wildman–Crippen MR) is 44.8 cm³/mol. The van der Waals surface area contributed by atoms with Gasteiger partial charge in [-0.05, 0) is 20.8 Å². The molecule has 0 amide bonds. The molecule has 3 N–H and O–H groups in total. The summed E-state index contributed by atoms with van der Waals surface area (Å²) >= 11 is 0. The van der Waals surface area contributed by atoms with Crippen LogP contribution in [0, 0.1) is 0 Å². The van der Waals surface area contributed by atoms with Crippen LogP contribution in [0.5, 0.6) is 0 Å². The fraction of sp³-hybridized carbons (Fsp3) is 1.00. The van der Waals surface area contributed by atoms with Crippen LogP contribution in [0.3, 0.4) is 0 Å². The van der Waals surface area contributed by atoms with E-state index in [1.54, 1.807) is 20.8 Å². The third-order valence-corrected chi connectivity index (χ3v) is 0.274. The molecule has 0 fully saturated rings. The van der Waals surface area contributed by atoms with Gasteiger partial charge in [0.2, 0.25) is 0 Å². The van der Waals surface area contributed by atoms with Crippen LogP contribution in [0.1, 0.15) is 20.8 Å². The SMILES string of the molecule is CC(C)(C)OO.O=S(=O)(O)O.[NaH]. The van der Waals surface area contributed by atoms with E-state index in [1.165, 1.54) is 0 Å². The van der Waals surface area contributed by atoms with Gasteiger partial charge in [0.25, 0.3) is 0 Å². The van der Waals surface area contributed by atoms with Gasteiger partial charge in [-0.15, -0.1) is 0 Å². The van der Waals surface area contributed by atoms with Crippen LogP contribution in [-0.4, -0.2) is 57.9 Å². The molecule has 0 spiro atoms. The molecule has 0 rings (SSSR count). The summed E-state index contributed by atoms with van der Waals surface area (Å²) in [4.78, 5) is 3.94. The quantitative estimate of drug-likeness (QED) is 0.225. The molecule has 0 aliphatic rings. The summed E-state index contributed by atoms with van der Waals surface area (Å²) in [6, 6.07) is 0. The average molecular weight is 212 g/mol. The maximum atomic E-state index is 8.74. The summed E-state index contributed by atoms with van der Waals surface area (Å²) in [5.74, 6) is 0. The van der Waals surface area contributed by atoms with E-state index in [-0.39, 0.29) is 29.6 Å². The normalized spacial score (nSPS) is 10.8. The summed E-state index contributed by atoms with van der Waals surface area (Å²) in [7, 11) is -4.67. The molecule has 0 radical (unpaired) electrons. The Morgan fingerprint density at radius 2 is 1.25 bits per heavy atom. The molecule has 12 heavy (non-hydrogen) atoms. The van der Waals surface area contributed by atoms with Crippen LogP contribution in [0.25, 0.3) is 0 Å². The molecule has 0 aliphatic carbocycles. The molecule has 0 atom stereocenters. The van der Waals surface area contributed by atoms with Crippen molar-refractivity contribution in [2.45, 2.75) is 26.4 Å². The first-order chi connectivity index (χ1) is 4.56. The van der Waals surface area contributed by atoms with Gasteiger partial charge in [-0.1, -0.05) is 0 Å². The molecule has 72 valence electrons.